The highest BCUT2D eigenvalue weighted by atomic mass is 32.2. The van der Waals surface area contributed by atoms with Gasteiger partial charge in [-0.15, -0.1) is 0 Å². The van der Waals surface area contributed by atoms with Crippen LogP contribution in [0.15, 0.2) is 102 Å². The van der Waals surface area contributed by atoms with Crippen molar-refractivity contribution >= 4 is 44.0 Å². The Labute approximate surface area is 450 Å². The third kappa shape index (κ3) is 11.1. The molecular formula is C59H70N8O9S. The summed E-state index contributed by atoms with van der Waals surface area (Å²) in [6.45, 7) is 12.9. The zero-order valence-corrected chi connectivity index (χ0v) is 45.2. The van der Waals surface area contributed by atoms with Crippen molar-refractivity contribution in [3.63, 3.8) is 0 Å². The van der Waals surface area contributed by atoms with Crippen molar-refractivity contribution in [3.05, 3.63) is 135 Å². The highest BCUT2D eigenvalue weighted by Gasteiger charge is 2.50. The van der Waals surface area contributed by atoms with Crippen LogP contribution in [-0.2, 0) is 23.0 Å². The number of carbonyl (C=O) groups is 1. The van der Waals surface area contributed by atoms with Gasteiger partial charge in [-0.25, -0.2) is 18.1 Å². The van der Waals surface area contributed by atoms with Crippen molar-refractivity contribution in [1.82, 2.24) is 24.5 Å². The molecule has 18 heteroatoms. The number of rotatable bonds is 16. The van der Waals surface area contributed by atoms with Gasteiger partial charge in [0.05, 0.1) is 40.9 Å². The van der Waals surface area contributed by atoms with Crippen LogP contribution in [0.2, 0.25) is 0 Å². The minimum atomic E-state index is -4.59. The van der Waals surface area contributed by atoms with E-state index in [2.05, 4.69) is 85.0 Å². The molecule has 5 aliphatic rings. The SMILES string of the molecule is COc1cc(CN2CCN(C3CC4(CCN(c5ccc(C(=O)NS(=O)(=O)c6ccc(NC[C@H]7CC[C@](C)(O)CC7)c([N+](=O)[O-])c6)c(Oc6cnc7[nH]ccc7c6)c5)CC4)C3)[C@H](c3ccccc3C(C)C)C2)cc2c1OCC2. The number of pyridine rings is 1. The predicted octanol–water partition coefficient (Wildman–Crippen LogP) is 10.1. The van der Waals surface area contributed by atoms with Gasteiger partial charge < -0.3 is 34.5 Å². The molecule has 0 unspecified atom stereocenters. The number of fused-ring (bicyclic) bond motifs is 2. The first kappa shape index (κ1) is 52.3. The summed E-state index contributed by atoms with van der Waals surface area (Å²) < 4.78 is 48.0. The first-order valence-corrected chi connectivity index (χ1v) is 28.7. The number of anilines is 2. The lowest BCUT2D eigenvalue weighted by Crippen LogP contribution is -2.60. The third-order valence-electron chi connectivity index (χ3n) is 17.2. The van der Waals surface area contributed by atoms with Crippen LogP contribution in [0.1, 0.15) is 117 Å². The number of hydrogen-bond acceptors (Lipinski definition) is 14. The lowest BCUT2D eigenvalue weighted by molar-refractivity contribution is -0.384. The van der Waals surface area contributed by atoms with Crippen LogP contribution in [0.25, 0.3) is 11.0 Å². The molecule has 4 fully saturated rings. The number of hydrogen-bond donors (Lipinski definition) is 4. The number of aliphatic hydroxyl groups is 1. The van der Waals surface area contributed by atoms with Gasteiger partial charge in [0.1, 0.15) is 22.8 Å². The van der Waals surface area contributed by atoms with E-state index < -0.39 is 37.0 Å². The molecule has 5 heterocycles. The van der Waals surface area contributed by atoms with Crippen LogP contribution in [0, 0.1) is 21.4 Å². The Morgan fingerprint density at radius 1 is 0.974 bits per heavy atom. The zero-order chi connectivity index (χ0) is 53.6. The quantitative estimate of drug-likeness (QED) is 0.0526. The second kappa shape index (κ2) is 21.2. The number of benzene rings is 4. The molecule has 2 saturated carbocycles. The number of carbonyl (C=O) groups excluding carboxylic acids is 1. The number of nitro benzene ring substituents is 1. The summed E-state index contributed by atoms with van der Waals surface area (Å²) in [5.41, 5.74) is 6.03. The summed E-state index contributed by atoms with van der Waals surface area (Å²) in [5.74, 6) is 1.85. The number of piperazine rings is 1. The molecule has 1 spiro atoms. The van der Waals surface area contributed by atoms with Crippen molar-refractivity contribution in [2.75, 3.05) is 63.2 Å². The first-order chi connectivity index (χ1) is 37.0. The maximum Gasteiger partial charge on any atom is 0.293 e. The third-order valence-corrected chi connectivity index (χ3v) is 18.5. The van der Waals surface area contributed by atoms with Gasteiger partial charge in [-0.05, 0) is 135 Å². The number of H-pyrrole nitrogens is 1. The summed E-state index contributed by atoms with van der Waals surface area (Å²) >= 11 is 0. The number of nitrogens with one attached hydrogen (secondary N) is 3. The predicted molar refractivity (Wildman–Crippen MR) is 296 cm³/mol. The van der Waals surface area contributed by atoms with Crippen LogP contribution in [0.5, 0.6) is 23.0 Å². The van der Waals surface area contributed by atoms with Gasteiger partial charge in [-0.1, -0.05) is 44.2 Å². The summed E-state index contributed by atoms with van der Waals surface area (Å²) in [6.07, 6.45) is 11.3. The van der Waals surface area contributed by atoms with E-state index in [-0.39, 0.29) is 34.4 Å². The fraction of sp³-hybridized carbons (Fsp3) is 0.458. The highest BCUT2D eigenvalue weighted by molar-refractivity contribution is 7.90. The Bertz CT molecular complexity index is 3280. The number of nitro groups is 1. The lowest BCUT2D eigenvalue weighted by atomic mass is 9.59. The molecule has 1 atom stereocenters. The second-order valence-corrected chi connectivity index (χ2v) is 24.4. The normalized spacial score (nSPS) is 21.9. The first-order valence-electron chi connectivity index (χ1n) is 27.2. The van der Waals surface area contributed by atoms with E-state index >= 15 is 0 Å². The molecule has 0 bridgehead atoms. The van der Waals surface area contributed by atoms with Crippen molar-refractivity contribution in [3.8, 4) is 23.0 Å². The van der Waals surface area contributed by atoms with Gasteiger partial charge >= 0.3 is 0 Å². The van der Waals surface area contributed by atoms with E-state index in [1.165, 1.54) is 34.4 Å². The number of ether oxygens (including phenoxy) is 3. The van der Waals surface area contributed by atoms with E-state index in [4.69, 9.17) is 14.2 Å². The van der Waals surface area contributed by atoms with Gasteiger partial charge in [0.15, 0.2) is 11.5 Å². The summed E-state index contributed by atoms with van der Waals surface area (Å²) in [7, 11) is -2.87. The molecule has 2 aromatic heterocycles. The molecule has 2 aliphatic carbocycles. The minimum absolute atomic E-state index is 0.0312. The Balaban J connectivity index is 0.779. The van der Waals surface area contributed by atoms with Crippen LogP contribution in [-0.4, -0.2) is 109 Å². The Morgan fingerprint density at radius 3 is 2.53 bits per heavy atom. The zero-order valence-electron chi connectivity index (χ0n) is 44.4. The van der Waals surface area contributed by atoms with Gasteiger partial charge in [0.25, 0.3) is 21.6 Å². The molecule has 4 N–H and O–H groups in total. The average molecular weight is 1070 g/mol. The molecule has 6 aromatic rings. The summed E-state index contributed by atoms with van der Waals surface area (Å²) in [5, 5.41) is 26.5. The van der Waals surface area contributed by atoms with Crippen molar-refractivity contribution in [1.29, 1.82) is 0 Å². The highest BCUT2D eigenvalue weighted by Crippen LogP contribution is 2.54. The van der Waals surface area contributed by atoms with Crippen molar-refractivity contribution in [2.45, 2.75) is 114 Å². The molecule has 1 amide bonds. The number of aromatic nitrogens is 2. The van der Waals surface area contributed by atoms with Crippen LogP contribution in [0.4, 0.5) is 17.1 Å². The van der Waals surface area contributed by atoms with E-state index in [0.29, 0.717) is 49.3 Å². The van der Waals surface area contributed by atoms with E-state index in [0.717, 1.165) is 113 Å². The minimum Gasteiger partial charge on any atom is -0.493 e. The fourth-order valence-corrected chi connectivity index (χ4v) is 13.8. The fourth-order valence-electron chi connectivity index (χ4n) is 12.8. The molecule has 3 aliphatic heterocycles. The van der Waals surface area contributed by atoms with Gasteiger partial charge in [-0.2, -0.15) is 0 Å². The molecular weight excluding hydrogens is 997 g/mol. The van der Waals surface area contributed by atoms with Crippen LogP contribution in [0.3, 0.4) is 0 Å². The van der Waals surface area contributed by atoms with Gasteiger partial charge in [-0.3, -0.25) is 24.7 Å². The topological polar surface area (TPSA) is 205 Å². The smallest absolute Gasteiger partial charge is 0.293 e. The molecule has 0 radical (unpaired) electrons. The largest absolute Gasteiger partial charge is 0.493 e. The maximum absolute atomic E-state index is 14.1. The molecule has 11 rings (SSSR count). The molecule has 4 aromatic carbocycles. The van der Waals surface area contributed by atoms with E-state index in [1.807, 2.05) is 19.1 Å². The number of methoxy groups -OCH3 is 1. The van der Waals surface area contributed by atoms with E-state index in [9.17, 15) is 28.4 Å². The standard InChI is InChI=1S/C59H70N8O9S/c1-38(2)47-7-5-6-8-48(47)52-37-64(36-40-27-41-16-26-75-55(41)54(28-40)74-4)24-25-66(52)44-32-59(33-44)19-22-65(23-20-59)43-9-11-49(53(30-43)76-45-29-42-15-21-60-56(42)62-35-45)57(68)63-77(72,73)46-10-12-50(51(31-46)67(70)71)61-34-39-13-17-58(3,69)18-14-39/h5-12,15,21,27-31,35,38-39,44,52,61,69H,13-14,16-20,22-26,32-34,36-37H2,1-4H3,(H,60,62)(H,63,68)/t39-,52-,58-/m0/s1. The van der Waals surface area contributed by atoms with E-state index in [1.54, 1.807) is 37.7 Å². The molecule has 406 valence electrons. The molecule has 77 heavy (non-hydrogen) atoms. The Hall–Kier alpha value is -6.73. The average Bonchev–Trinajstić information content (AvgIpc) is 4.12. The number of amides is 1. The Kier molecular flexibility index (Phi) is 14.4. The Morgan fingerprint density at radius 2 is 1.77 bits per heavy atom. The number of aromatic amines is 1. The van der Waals surface area contributed by atoms with Crippen LogP contribution >= 0.6 is 0 Å². The molecule has 17 nitrogen and oxygen atoms in total. The monoisotopic (exact) mass is 1070 g/mol. The lowest BCUT2D eigenvalue weighted by Gasteiger charge is -2.58. The maximum atomic E-state index is 14.1. The number of piperidine rings is 1. The van der Waals surface area contributed by atoms with Crippen LogP contribution < -0.4 is 29.1 Å². The summed E-state index contributed by atoms with van der Waals surface area (Å²) in [4.78, 5) is 40.6. The van der Waals surface area contributed by atoms with Crippen molar-refractivity contribution in [2.24, 2.45) is 11.3 Å². The summed E-state index contributed by atoms with van der Waals surface area (Å²) in [6, 6.07) is 26.6. The van der Waals surface area contributed by atoms with Crippen molar-refractivity contribution < 1.29 is 37.5 Å². The number of sulfonamides is 1. The number of nitrogens with zero attached hydrogens (tertiary/aromatic N) is 5. The van der Waals surface area contributed by atoms with Gasteiger partial charge in [0, 0.05) is 99.3 Å². The second-order valence-electron chi connectivity index (χ2n) is 22.8. The van der Waals surface area contributed by atoms with Gasteiger partial charge in [0.2, 0.25) is 0 Å². The molecule has 2 saturated heterocycles.